The number of anilines is 1. The van der Waals surface area contributed by atoms with Crippen molar-refractivity contribution in [2.24, 2.45) is 4.74 Å². The summed E-state index contributed by atoms with van der Waals surface area (Å²) in [5.74, 6) is 2.06. The molecule has 1 aliphatic rings. The first-order chi connectivity index (χ1) is 33.5. The van der Waals surface area contributed by atoms with Gasteiger partial charge in [-0.25, -0.2) is 4.74 Å². The van der Waals surface area contributed by atoms with Gasteiger partial charge < -0.3 is 54.4 Å². The van der Waals surface area contributed by atoms with E-state index in [1.54, 1.807) is 33.5 Å². The third kappa shape index (κ3) is 19.2. The number of likely N-dealkylation sites (N-methyl/N-ethyl adjacent to an activating group) is 1. The normalized spacial score (nSPS) is 14.2. The molecule has 2 atom stereocenters. The number of allylic oxidation sites excluding steroid dienone is 7. The van der Waals surface area contributed by atoms with E-state index in [1.807, 2.05) is 56.5 Å². The molecule has 3 aromatic carbocycles. The van der Waals surface area contributed by atoms with E-state index < -0.39 is 4.75 Å². The third-order valence-electron chi connectivity index (χ3n) is 11.1. The predicted molar refractivity (Wildman–Crippen MR) is 281 cm³/mol. The largest absolute Gasteiger partial charge is 0.493 e. The molecule has 4 rings (SSSR count). The first-order valence-electron chi connectivity index (χ1n) is 23.1. The van der Waals surface area contributed by atoms with E-state index in [-0.39, 0.29) is 19.3 Å². The molecule has 2 unspecified atom stereocenters. The number of hydrogen-bond acceptors (Lipinski definition) is 14. The van der Waals surface area contributed by atoms with Gasteiger partial charge in [0.1, 0.15) is 13.2 Å². The summed E-state index contributed by atoms with van der Waals surface area (Å²) in [5, 5.41) is 13.1. The van der Waals surface area contributed by atoms with Gasteiger partial charge in [0.2, 0.25) is 6.41 Å². The fourth-order valence-electron chi connectivity index (χ4n) is 7.28. The van der Waals surface area contributed by atoms with Crippen LogP contribution in [0.3, 0.4) is 0 Å². The van der Waals surface area contributed by atoms with Gasteiger partial charge >= 0.3 is 0 Å². The molecule has 0 fully saturated rings. The highest BCUT2D eigenvalue weighted by Crippen LogP contribution is 2.38. The van der Waals surface area contributed by atoms with Crippen molar-refractivity contribution in [3.63, 3.8) is 0 Å². The van der Waals surface area contributed by atoms with Crippen LogP contribution in [-0.2, 0) is 37.0 Å². The molecule has 16 heteroatoms. The van der Waals surface area contributed by atoms with Crippen molar-refractivity contribution in [1.29, 1.82) is 0 Å². The number of hydrogen-bond donors (Lipinski definition) is 5. The zero-order valence-electron chi connectivity index (χ0n) is 41.4. The first-order valence-corrected chi connectivity index (χ1v) is 24.6. The minimum absolute atomic E-state index is 0.0969. The molecule has 4 N–H and O–H groups in total. The van der Waals surface area contributed by atoms with Crippen molar-refractivity contribution in [1.82, 2.24) is 16.0 Å². The molecule has 0 heterocycles. The number of carbonyl (C=O) groups excluding carboxylic acids is 2. The van der Waals surface area contributed by atoms with Crippen molar-refractivity contribution in [3.05, 3.63) is 130 Å². The summed E-state index contributed by atoms with van der Waals surface area (Å²) in [4.78, 5) is 23.5. The van der Waals surface area contributed by atoms with Crippen molar-refractivity contribution < 1.29 is 42.7 Å². The highest BCUT2D eigenvalue weighted by molar-refractivity contribution is 7.81. The van der Waals surface area contributed by atoms with Gasteiger partial charge in [-0.3, -0.25) is 9.59 Å². The monoisotopic (exact) mass is 985 g/mol. The van der Waals surface area contributed by atoms with Crippen LogP contribution in [0.25, 0.3) is 0 Å². The van der Waals surface area contributed by atoms with Crippen molar-refractivity contribution in [2.75, 3.05) is 92.5 Å². The minimum atomic E-state index is -0.607. The molecule has 14 nitrogen and oxygen atoms in total. The SMILES string of the molecule is C=C/C=C\C=C(/C)CC(CNc1cc(OCc2cc(COc3cc(N=PCC4=CCCC=C4NC=O)c(C)cc3OC)cc(C(C)(S)CNCCOCCOCCOC)c2)c(OC)cc1C=O)NC. The maximum absolute atomic E-state index is 12.3. The molecule has 69 heavy (non-hydrogen) atoms. The number of aldehydes is 1. The van der Waals surface area contributed by atoms with Gasteiger partial charge in [0.25, 0.3) is 0 Å². The van der Waals surface area contributed by atoms with Gasteiger partial charge in [0.05, 0.1) is 52.9 Å². The molecule has 1 amide bonds. The summed E-state index contributed by atoms with van der Waals surface area (Å²) >= 11 is 5.18. The van der Waals surface area contributed by atoms with Crippen LogP contribution in [0.15, 0.2) is 107 Å². The molecule has 1 aliphatic carbocycles. The second-order valence-electron chi connectivity index (χ2n) is 16.6. The number of ether oxygens (including phenoxy) is 7. The highest BCUT2D eigenvalue weighted by Gasteiger charge is 2.24. The number of aryl methyl sites for hydroxylation is 1. The van der Waals surface area contributed by atoms with E-state index in [9.17, 15) is 9.59 Å². The van der Waals surface area contributed by atoms with Gasteiger partial charge in [-0.05, 0) is 93.1 Å². The average Bonchev–Trinajstić information content (AvgIpc) is 3.35. The summed E-state index contributed by atoms with van der Waals surface area (Å²) in [6.45, 7) is 14.6. The molecule has 0 saturated carbocycles. The lowest BCUT2D eigenvalue weighted by Gasteiger charge is -2.26. The van der Waals surface area contributed by atoms with Crippen LogP contribution in [0.1, 0.15) is 65.7 Å². The Balaban J connectivity index is 1.57. The lowest BCUT2D eigenvalue weighted by Crippen LogP contribution is -2.33. The number of nitrogens with one attached hydrogen (secondary N) is 4. The second kappa shape index (κ2) is 31.1. The van der Waals surface area contributed by atoms with Crippen LogP contribution >= 0.6 is 21.0 Å². The summed E-state index contributed by atoms with van der Waals surface area (Å²) in [7, 11) is 7.57. The van der Waals surface area contributed by atoms with Crippen LogP contribution < -0.4 is 40.2 Å². The average molecular weight is 986 g/mol. The van der Waals surface area contributed by atoms with E-state index in [4.69, 9.17) is 50.5 Å². The van der Waals surface area contributed by atoms with Gasteiger partial charge in [-0.15, -0.1) is 0 Å². The van der Waals surface area contributed by atoms with Crippen LogP contribution in [-0.4, -0.2) is 106 Å². The van der Waals surface area contributed by atoms with Crippen LogP contribution in [0.5, 0.6) is 23.0 Å². The summed E-state index contributed by atoms with van der Waals surface area (Å²) < 4.78 is 45.1. The Morgan fingerprint density at radius 2 is 1.57 bits per heavy atom. The van der Waals surface area contributed by atoms with Crippen LogP contribution in [0.4, 0.5) is 11.4 Å². The Hall–Kier alpha value is -5.25. The molecule has 374 valence electrons. The maximum atomic E-state index is 12.3. The quantitative estimate of drug-likeness (QED) is 0.0127. The van der Waals surface area contributed by atoms with Crippen LogP contribution in [0, 0.1) is 6.92 Å². The third-order valence-corrected chi connectivity index (χ3v) is 12.4. The molecular formula is C53H72N5O9PS. The Morgan fingerprint density at radius 1 is 0.884 bits per heavy atom. The molecular weight excluding hydrogens is 914 g/mol. The van der Waals surface area contributed by atoms with E-state index in [0.29, 0.717) is 99.5 Å². The molecule has 0 saturated heterocycles. The summed E-state index contributed by atoms with van der Waals surface area (Å²) in [6.07, 6.45) is 16.7. The second-order valence-corrected chi connectivity index (χ2v) is 18.4. The number of amides is 1. The van der Waals surface area contributed by atoms with E-state index in [0.717, 1.165) is 73.1 Å². The summed E-state index contributed by atoms with van der Waals surface area (Å²) in [5.41, 5.74) is 8.66. The highest BCUT2D eigenvalue weighted by atomic mass is 32.1. The Kier molecular flexibility index (Phi) is 25.4. The lowest BCUT2D eigenvalue weighted by molar-refractivity contribution is -0.108. The van der Waals surface area contributed by atoms with Gasteiger partial charge in [0.15, 0.2) is 29.3 Å². The zero-order chi connectivity index (χ0) is 49.9. The molecule has 0 radical (unpaired) electrons. The minimum Gasteiger partial charge on any atom is -0.493 e. The van der Waals surface area contributed by atoms with Crippen molar-refractivity contribution in [3.8, 4) is 23.0 Å². The Labute approximate surface area is 416 Å². The van der Waals surface area contributed by atoms with E-state index in [2.05, 4.69) is 66.0 Å². The van der Waals surface area contributed by atoms with Gasteiger partial charge in [0, 0.05) is 81.1 Å². The number of carbonyl (C=O) groups is 2. The number of nitrogens with zero attached hydrogens (tertiary/aromatic N) is 1. The topological polar surface area (TPSA) is 159 Å². The first kappa shape index (κ1) is 56.3. The fourth-order valence-corrected chi connectivity index (χ4v) is 8.41. The molecule has 0 aromatic heterocycles. The number of benzene rings is 3. The van der Waals surface area contributed by atoms with Crippen LogP contribution in [0.2, 0.25) is 0 Å². The Morgan fingerprint density at radius 3 is 2.23 bits per heavy atom. The summed E-state index contributed by atoms with van der Waals surface area (Å²) in [6, 6.07) is 13.7. The maximum Gasteiger partial charge on any atom is 0.211 e. The van der Waals surface area contributed by atoms with E-state index in [1.165, 1.54) is 5.57 Å². The fraction of sp³-hybridized carbons (Fsp3) is 0.434. The standard InChI is InChI=1S/C53H72N5O9PS/c1-9-10-11-14-38(2)23-45(54-5)31-56-48-30-52(50(63-8)28-43(48)32-59)67-34-41-25-40(26-44(27-41)53(4,69)36-55-17-18-64-21-22-65-20-19-61-6)33-66-51-29-47(39(3)24-49(51)62-7)58-68-35-42-15-12-13-16-46(42)57-37-60/h9-11,14-16,24-30,32,37,45,54-56,69H,1,12-13,17-23,31,33-36H2,2-8H3,(H,57,60)/b11-10-,38-14+. The molecule has 0 bridgehead atoms. The number of thiol groups is 1. The molecule has 3 aromatic rings. The molecule has 0 aliphatic heterocycles. The van der Waals surface area contributed by atoms with Crippen molar-refractivity contribution >= 4 is 45.1 Å². The molecule has 0 spiro atoms. The van der Waals surface area contributed by atoms with Gasteiger partial charge in [-0.1, -0.05) is 60.7 Å². The number of rotatable bonds is 34. The Bertz CT molecular complexity index is 2280. The zero-order valence-corrected chi connectivity index (χ0v) is 43.1. The van der Waals surface area contributed by atoms with Gasteiger partial charge in [-0.2, -0.15) is 12.6 Å². The predicted octanol–water partition coefficient (Wildman–Crippen LogP) is 9.59. The van der Waals surface area contributed by atoms with Crippen molar-refractivity contribution in [2.45, 2.75) is 64.0 Å². The smallest absolute Gasteiger partial charge is 0.211 e. The number of methoxy groups -OCH3 is 3. The lowest BCUT2D eigenvalue weighted by atomic mass is 9.95. The van der Waals surface area contributed by atoms with E-state index >= 15 is 0 Å².